The van der Waals surface area contributed by atoms with Crippen LogP contribution in [0.4, 0.5) is 0 Å². The zero-order valence-corrected chi connectivity index (χ0v) is 34.6. The number of carbonyl (C=O) groups excluding carboxylic acids is 4. The van der Waals surface area contributed by atoms with Crippen molar-refractivity contribution >= 4 is 52.1 Å². The Morgan fingerprint density at radius 3 is 2.38 bits per heavy atom. The molecule has 56 heavy (non-hydrogen) atoms. The maximum atomic E-state index is 13.4. The van der Waals surface area contributed by atoms with Gasteiger partial charge in [-0.15, -0.1) is 17.1 Å². The number of imide groups is 2. The van der Waals surface area contributed by atoms with E-state index in [0.29, 0.717) is 36.5 Å². The molecule has 3 aromatic rings. The molecule has 1 saturated heterocycles. The largest absolute Gasteiger partial charge is 0.493 e. The number of amides is 4. The molecule has 5 rings (SSSR count). The highest BCUT2D eigenvalue weighted by Gasteiger charge is 2.46. The lowest BCUT2D eigenvalue weighted by molar-refractivity contribution is -0.136. The lowest BCUT2D eigenvalue weighted by atomic mass is 9.91. The molecule has 2 aromatic carbocycles. The smallest absolute Gasteiger partial charge is 0.266 e. The summed E-state index contributed by atoms with van der Waals surface area (Å²) in [6, 6.07) is 11.5. The van der Waals surface area contributed by atoms with Crippen molar-refractivity contribution in [3.8, 4) is 5.75 Å². The Labute approximate surface area is 337 Å². The molecule has 1 aromatic heterocycles. The van der Waals surface area contributed by atoms with Gasteiger partial charge >= 0.3 is 0 Å². The molecule has 2 aliphatic rings. The number of fused-ring (bicyclic) bond motifs is 1. The van der Waals surface area contributed by atoms with Crippen LogP contribution in [0.3, 0.4) is 0 Å². The van der Waals surface area contributed by atoms with Gasteiger partial charge in [-0.05, 0) is 70.2 Å². The molecule has 4 N–H and O–H groups in total. The topological polar surface area (TPSA) is 165 Å². The highest BCUT2D eigenvalue weighted by Crippen LogP contribution is 2.34. The number of aliphatic imine (C=N–C) groups is 1. The minimum atomic E-state index is -1.06. The number of aryl methyl sites for hydroxylation is 3. The first-order valence-corrected chi connectivity index (χ1v) is 20.1. The first-order valence-electron chi connectivity index (χ1n) is 19.2. The van der Waals surface area contributed by atoms with Gasteiger partial charge in [0.2, 0.25) is 11.8 Å². The standard InChI is InChI=1S/C42H48N6O5S.C2H6.2H2/c1-8-28-14-16-29(17-15-28)39(36-24(4)26(6)54-27(36)7)46-32(38(44)23(3)25(5)43)22-30(9-2)45-20-11-21-53-34-13-10-12-31-37(34)42(52)48(41(31)51)33-18-19-35(49)47-40(33)50;1-2;;/h10,12-17,23,32-33,43-45H,2,8,11,18-22H2,1,3-7H3,(H,47,49,50);1-2H3;2*1H/t23?,32-,33?;;;/m0.../s1. The molecule has 0 saturated carbocycles. The van der Waals surface area contributed by atoms with Gasteiger partial charge in [0.25, 0.3) is 11.8 Å². The van der Waals surface area contributed by atoms with Gasteiger partial charge in [-0.25, -0.2) is 0 Å². The molecule has 1 fully saturated rings. The molecule has 3 atom stereocenters. The number of rotatable bonds is 16. The van der Waals surface area contributed by atoms with Crippen LogP contribution in [0.15, 0.2) is 65.5 Å². The Kier molecular flexibility index (Phi) is 15.0. The molecule has 11 nitrogen and oxygen atoms in total. The van der Waals surface area contributed by atoms with Crippen LogP contribution >= 0.6 is 11.3 Å². The minimum Gasteiger partial charge on any atom is -0.493 e. The van der Waals surface area contributed by atoms with E-state index in [4.69, 9.17) is 15.1 Å². The average Bonchev–Trinajstić information content (AvgIpc) is 3.60. The molecular weight excluding hydrogens is 725 g/mol. The van der Waals surface area contributed by atoms with Crippen LogP contribution in [-0.2, 0) is 16.0 Å². The van der Waals surface area contributed by atoms with Gasteiger partial charge in [0.1, 0.15) is 11.8 Å². The van der Waals surface area contributed by atoms with E-state index < -0.39 is 41.6 Å². The molecule has 0 spiro atoms. The fourth-order valence-corrected chi connectivity index (χ4v) is 7.79. The van der Waals surface area contributed by atoms with E-state index in [-0.39, 0.29) is 39.2 Å². The average molecular weight is 783 g/mol. The number of hydrogen-bond acceptors (Lipinski definition) is 10. The second-order valence-corrected chi connectivity index (χ2v) is 15.2. The van der Waals surface area contributed by atoms with Crippen LogP contribution in [-0.4, -0.2) is 70.9 Å². The number of carbonyl (C=O) groups is 4. The van der Waals surface area contributed by atoms with Gasteiger partial charge < -0.3 is 20.9 Å². The van der Waals surface area contributed by atoms with E-state index >= 15 is 0 Å². The first kappa shape index (κ1) is 43.3. The summed E-state index contributed by atoms with van der Waals surface area (Å²) in [5.74, 6) is -2.48. The molecule has 300 valence electrons. The van der Waals surface area contributed by atoms with Gasteiger partial charge in [-0.3, -0.25) is 34.4 Å². The SMILES string of the molecule is C=C=C(C[C@H](N=C(c1ccc(CC)cc1)c1c(C)sc(C)c1C)C(=N)C(C)C(C)=N)NCCCOc1cccc2c1C(=O)N(C1CCC(=O)NC1=O)C2=O.CC.[HH].[HH]. The summed E-state index contributed by atoms with van der Waals surface area (Å²) in [6.45, 7) is 20.6. The fraction of sp³-hybridized carbons (Fsp3) is 0.409. The maximum absolute atomic E-state index is 13.4. The molecule has 4 amide bonds. The van der Waals surface area contributed by atoms with Crippen LogP contribution in [0.1, 0.15) is 116 Å². The van der Waals surface area contributed by atoms with Crippen molar-refractivity contribution in [3.63, 3.8) is 0 Å². The summed E-state index contributed by atoms with van der Waals surface area (Å²) in [4.78, 5) is 59.4. The molecular formula is C44H58N6O5S. The van der Waals surface area contributed by atoms with Crippen molar-refractivity contribution in [1.82, 2.24) is 15.5 Å². The van der Waals surface area contributed by atoms with Crippen molar-refractivity contribution in [2.24, 2.45) is 10.9 Å². The third-order valence-electron chi connectivity index (χ3n) is 10.2. The van der Waals surface area contributed by atoms with Gasteiger partial charge in [-0.2, -0.15) is 0 Å². The molecule has 0 radical (unpaired) electrons. The quantitative estimate of drug-likeness (QED) is 0.0496. The van der Waals surface area contributed by atoms with Crippen LogP contribution in [0, 0.1) is 37.5 Å². The van der Waals surface area contributed by atoms with Crippen LogP contribution in [0.25, 0.3) is 0 Å². The minimum absolute atomic E-state index is 0. The Morgan fingerprint density at radius 2 is 1.79 bits per heavy atom. The van der Waals surface area contributed by atoms with Gasteiger partial charge in [0.05, 0.1) is 35.2 Å². The first-order chi connectivity index (χ1) is 26.8. The Hall–Kier alpha value is -5.45. The predicted molar refractivity (Wildman–Crippen MR) is 228 cm³/mol. The highest BCUT2D eigenvalue weighted by atomic mass is 32.1. The van der Waals surface area contributed by atoms with E-state index in [1.165, 1.54) is 16.5 Å². The number of benzene rings is 2. The second-order valence-electron chi connectivity index (χ2n) is 13.7. The number of piperidine rings is 1. The van der Waals surface area contributed by atoms with Crippen LogP contribution in [0.5, 0.6) is 5.75 Å². The van der Waals surface area contributed by atoms with E-state index in [2.05, 4.69) is 74.9 Å². The predicted octanol–water partition coefficient (Wildman–Crippen LogP) is 8.17. The van der Waals surface area contributed by atoms with Gasteiger partial charge in [0.15, 0.2) is 0 Å². The molecule has 2 aliphatic heterocycles. The second kappa shape index (κ2) is 19.4. The Balaban J connectivity index is 0.00000286. The number of ether oxygens (including phenoxy) is 1. The number of nitrogens with one attached hydrogen (secondary N) is 4. The zero-order chi connectivity index (χ0) is 41.3. The third kappa shape index (κ3) is 9.49. The summed E-state index contributed by atoms with van der Waals surface area (Å²) >= 11 is 1.73. The van der Waals surface area contributed by atoms with Gasteiger partial charge in [-0.1, -0.05) is 64.6 Å². The van der Waals surface area contributed by atoms with Crippen LogP contribution < -0.4 is 15.4 Å². The molecule has 0 aliphatic carbocycles. The van der Waals surface area contributed by atoms with Crippen molar-refractivity contribution < 1.29 is 26.8 Å². The molecule has 12 heteroatoms. The summed E-state index contributed by atoms with van der Waals surface area (Å²) in [5, 5.41) is 23.1. The lowest BCUT2D eigenvalue weighted by Crippen LogP contribution is -2.54. The van der Waals surface area contributed by atoms with Gasteiger partial charge in [0, 0.05) is 60.5 Å². The van der Waals surface area contributed by atoms with E-state index in [0.717, 1.165) is 38.6 Å². The van der Waals surface area contributed by atoms with Crippen molar-refractivity contribution in [2.75, 3.05) is 13.2 Å². The van der Waals surface area contributed by atoms with E-state index in [1.54, 1.807) is 30.4 Å². The summed E-state index contributed by atoms with van der Waals surface area (Å²) in [5.41, 5.74) is 9.88. The Bertz CT molecular complexity index is 2100. The molecule has 0 bridgehead atoms. The third-order valence-corrected chi connectivity index (χ3v) is 11.3. The summed E-state index contributed by atoms with van der Waals surface area (Å²) in [7, 11) is 0. The van der Waals surface area contributed by atoms with Crippen molar-refractivity contribution in [3.05, 3.63) is 104 Å². The number of thiophene rings is 1. The zero-order valence-electron chi connectivity index (χ0n) is 33.8. The lowest BCUT2D eigenvalue weighted by Gasteiger charge is -2.27. The van der Waals surface area contributed by atoms with Crippen molar-refractivity contribution in [2.45, 2.75) is 99.6 Å². The summed E-state index contributed by atoms with van der Waals surface area (Å²) < 4.78 is 6.01. The highest BCUT2D eigenvalue weighted by molar-refractivity contribution is 7.12. The monoisotopic (exact) mass is 782 g/mol. The summed E-state index contributed by atoms with van der Waals surface area (Å²) in [6.07, 6.45) is 1.86. The van der Waals surface area contributed by atoms with E-state index in [1.807, 2.05) is 20.8 Å². The van der Waals surface area contributed by atoms with Crippen LogP contribution in [0.2, 0.25) is 0 Å². The number of hydrogen-bond donors (Lipinski definition) is 4. The molecule has 3 heterocycles. The fourth-order valence-electron chi connectivity index (χ4n) is 6.72. The maximum Gasteiger partial charge on any atom is 0.266 e. The normalized spacial score (nSPS) is 16.2. The van der Waals surface area contributed by atoms with Crippen molar-refractivity contribution in [1.29, 1.82) is 10.8 Å². The van der Waals surface area contributed by atoms with E-state index in [9.17, 15) is 24.6 Å². The number of nitrogens with zero attached hydrogens (tertiary/aromatic N) is 2. The molecule has 2 unspecified atom stereocenters. The Morgan fingerprint density at radius 1 is 1.09 bits per heavy atom.